The highest BCUT2D eigenvalue weighted by Crippen LogP contribution is 2.21. The Kier molecular flexibility index (Phi) is 4.77. The summed E-state index contributed by atoms with van der Waals surface area (Å²) < 4.78 is 1.92. The molecule has 6 heteroatoms. The Balaban J connectivity index is 1.65. The smallest absolute Gasteiger partial charge is 0.233 e. The van der Waals surface area contributed by atoms with Crippen LogP contribution < -0.4 is 0 Å². The average Bonchev–Trinajstić information content (AvgIpc) is 3.02. The number of likely N-dealkylation sites (tertiary alicyclic amines) is 1. The second-order valence-electron chi connectivity index (χ2n) is 5.55. The fraction of sp³-hybridized carbons (Fsp3) is 0.438. The number of thioether (sulfide) groups is 1. The van der Waals surface area contributed by atoms with Crippen LogP contribution in [-0.2, 0) is 4.79 Å². The predicted molar refractivity (Wildman–Crippen MR) is 87.3 cm³/mol. The van der Waals surface area contributed by atoms with E-state index in [1.165, 1.54) is 23.7 Å². The molecule has 1 aliphatic rings. The first-order valence-corrected chi connectivity index (χ1v) is 8.60. The Morgan fingerprint density at radius 2 is 1.91 bits per heavy atom. The highest BCUT2D eigenvalue weighted by Gasteiger charge is 2.17. The van der Waals surface area contributed by atoms with Crippen LogP contribution in [0.3, 0.4) is 0 Å². The molecule has 0 unspecified atom stereocenters. The molecule has 3 rings (SSSR count). The van der Waals surface area contributed by atoms with E-state index in [1.807, 2.05) is 21.6 Å². The van der Waals surface area contributed by atoms with E-state index >= 15 is 0 Å². The Morgan fingerprint density at radius 1 is 1.18 bits per heavy atom. The number of aryl methyl sites for hydroxylation is 1. The van der Waals surface area contributed by atoms with Crippen molar-refractivity contribution in [2.75, 3.05) is 18.8 Å². The largest absolute Gasteiger partial charge is 0.342 e. The van der Waals surface area contributed by atoms with Gasteiger partial charge in [-0.1, -0.05) is 29.5 Å². The van der Waals surface area contributed by atoms with Gasteiger partial charge >= 0.3 is 0 Å². The van der Waals surface area contributed by atoms with Crippen molar-refractivity contribution < 1.29 is 4.79 Å². The normalized spacial score (nSPS) is 15.0. The van der Waals surface area contributed by atoms with Gasteiger partial charge in [0.05, 0.1) is 5.75 Å². The number of carbonyl (C=O) groups is 1. The molecular formula is C16H20N4OS. The predicted octanol–water partition coefficient (Wildman–Crippen LogP) is 2.68. The second kappa shape index (κ2) is 6.96. The molecule has 0 N–H and O–H groups in total. The van der Waals surface area contributed by atoms with Crippen molar-refractivity contribution in [3.05, 3.63) is 36.2 Å². The van der Waals surface area contributed by atoms with Crippen molar-refractivity contribution in [1.29, 1.82) is 0 Å². The summed E-state index contributed by atoms with van der Waals surface area (Å²) in [6.45, 7) is 3.84. The number of rotatable bonds is 4. The summed E-state index contributed by atoms with van der Waals surface area (Å²) in [6, 6.07) is 8.19. The van der Waals surface area contributed by atoms with Crippen LogP contribution in [0.5, 0.6) is 0 Å². The third-order valence-electron chi connectivity index (χ3n) is 3.86. The topological polar surface area (TPSA) is 51.0 Å². The molecule has 1 fully saturated rings. The second-order valence-corrected chi connectivity index (χ2v) is 6.49. The summed E-state index contributed by atoms with van der Waals surface area (Å²) >= 11 is 1.45. The van der Waals surface area contributed by atoms with Crippen LogP contribution in [0, 0.1) is 6.92 Å². The highest BCUT2D eigenvalue weighted by atomic mass is 32.2. The number of carbonyl (C=O) groups excluding carboxylic acids is 1. The third-order valence-corrected chi connectivity index (χ3v) is 4.79. The Labute approximate surface area is 134 Å². The molecular weight excluding hydrogens is 296 g/mol. The minimum absolute atomic E-state index is 0.197. The van der Waals surface area contributed by atoms with Crippen LogP contribution in [-0.4, -0.2) is 44.4 Å². The van der Waals surface area contributed by atoms with E-state index in [-0.39, 0.29) is 5.91 Å². The lowest BCUT2D eigenvalue weighted by Crippen LogP contribution is -2.36. The molecule has 5 nitrogen and oxygen atoms in total. The van der Waals surface area contributed by atoms with Crippen LogP contribution >= 0.6 is 11.8 Å². The SMILES string of the molecule is Cc1ccc(-n2cnnc2SCC(=O)N2CCCCC2)cc1. The maximum absolute atomic E-state index is 12.2. The van der Waals surface area contributed by atoms with E-state index in [1.54, 1.807) is 6.33 Å². The molecule has 0 aliphatic carbocycles. The van der Waals surface area contributed by atoms with E-state index < -0.39 is 0 Å². The molecule has 0 atom stereocenters. The van der Waals surface area contributed by atoms with Gasteiger partial charge in [0.1, 0.15) is 6.33 Å². The third kappa shape index (κ3) is 3.50. The number of hydrogen-bond donors (Lipinski definition) is 0. The van der Waals surface area contributed by atoms with Crippen LogP contribution in [0.1, 0.15) is 24.8 Å². The minimum Gasteiger partial charge on any atom is -0.342 e. The van der Waals surface area contributed by atoms with E-state index in [2.05, 4.69) is 29.3 Å². The molecule has 1 amide bonds. The lowest BCUT2D eigenvalue weighted by molar-refractivity contribution is -0.129. The van der Waals surface area contributed by atoms with Gasteiger partial charge in [0, 0.05) is 18.8 Å². The fourth-order valence-electron chi connectivity index (χ4n) is 2.57. The highest BCUT2D eigenvalue weighted by molar-refractivity contribution is 7.99. The molecule has 1 aromatic carbocycles. The van der Waals surface area contributed by atoms with Gasteiger partial charge in [0.25, 0.3) is 0 Å². The molecule has 0 bridgehead atoms. The van der Waals surface area contributed by atoms with E-state index in [0.717, 1.165) is 36.8 Å². The summed E-state index contributed by atoms with van der Waals surface area (Å²) in [5.41, 5.74) is 2.23. The Morgan fingerprint density at radius 3 is 2.64 bits per heavy atom. The van der Waals surface area contributed by atoms with Gasteiger partial charge < -0.3 is 4.90 Å². The van der Waals surface area contributed by atoms with Crippen molar-refractivity contribution >= 4 is 17.7 Å². The van der Waals surface area contributed by atoms with E-state index in [4.69, 9.17) is 0 Å². The number of benzene rings is 1. The zero-order chi connectivity index (χ0) is 15.4. The molecule has 1 saturated heterocycles. The molecule has 1 aromatic heterocycles. The molecule has 2 heterocycles. The number of amides is 1. The maximum atomic E-state index is 12.2. The summed E-state index contributed by atoms with van der Waals surface area (Å²) in [6.07, 6.45) is 5.17. The first kappa shape index (κ1) is 15.1. The molecule has 0 radical (unpaired) electrons. The van der Waals surface area contributed by atoms with Crippen LogP contribution in [0.25, 0.3) is 5.69 Å². The van der Waals surface area contributed by atoms with Gasteiger partial charge in [0.15, 0.2) is 5.16 Å². The summed E-state index contributed by atoms with van der Waals surface area (Å²) in [5.74, 6) is 0.619. The van der Waals surface area contributed by atoms with Crippen molar-refractivity contribution in [2.45, 2.75) is 31.3 Å². The molecule has 1 aliphatic heterocycles. The van der Waals surface area contributed by atoms with Crippen molar-refractivity contribution in [2.24, 2.45) is 0 Å². The zero-order valence-electron chi connectivity index (χ0n) is 12.7. The average molecular weight is 316 g/mol. The number of aromatic nitrogens is 3. The minimum atomic E-state index is 0.197. The molecule has 0 spiro atoms. The number of piperidine rings is 1. The zero-order valence-corrected chi connectivity index (χ0v) is 13.6. The van der Waals surface area contributed by atoms with E-state index in [9.17, 15) is 4.79 Å². The molecule has 2 aromatic rings. The quantitative estimate of drug-likeness (QED) is 0.814. The van der Waals surface area contributed by atoms with Gasteiger partial charge in [-0.2, -0.15) is 0 Å². The van der Waals surface area contributed by atoms with Gasteiger partial charge in [-0.15, -0.1) is 10.2 Å². The summed E-state index contributed by atoms with van der Waals surface area (Å²) in [7, 11) is 0. The first-order chi connectivity index (χ1) is 10.7. The Bertz CT molecular complexity index is 632. The van der Waals surface area contributed by atoms with Crippen molar-refractivity contribution in [3.63, 3.8) is 0 Å². The Hall–Kier alpha value is -1.82. The van der Waals surface area contributed by atoms with Crippen LogP contribution in [0.2, 0.25) is 0 Å². The van der Waals surface area contributed by atoms with Gasteiger partial charge in [-0.25, -0.2) is 0 Å². The molecule has 0 saturated carbocycles. The maximum Gasteiger partial charge on any atom is 0.233 e. The summed E-state index contributed by atoms with van der Waals surface area (Å²) in [4.78, 5) is 14.2. The first-order valence-electron chi connectivity index (χ1n) is 7.62. The molecule has 116 valence electrons. The monoisotopic (exact) mass is 316 g/mol. The van der Waals surface area contributed by atoms with Crippen molar-refractivity contribution in [3.8, 4) is 5.69 Å². The standard InChI is InChI=1S/C16H20N4OS/c1-13-5-7-14(8-6-13)20-12-17-18-16(20)22-11-15(21)19-9-3-2-4-10-19/h5-8,12H,2-4,9-11H2,1H3. The fourth-order valence-corrected chi connectivity index (χ4v) is 3.40. The van der Waals surface area contributed by atoms with Gasteiger partial charge in [-0.05, 0) is 38.3 Å². The molecule has 22 heavy (non-hydrogen) atoms. The lowest BCUT2D eigenvalue weighted by atomic mass is 10.1. The number of hydrogen-bond acceptors (Lipinski definition) is 4. The lowest BCUT2D eigenvalue weighted by Gasteiger charge is -2.26. The van der Waals surface area contributed by atoms with Gasteiger partial charge in [-0.3, -0.25) is 9.36 Å². The van der Waals surface area contributed by atoms with Crippen LogP contribution in [0.15, 0.2) is 35.7 Å². The van der Waals surface area contributed by atoms with E-state index in [0.29, 0.717) is 5.75 Å². The van der Waals surface area contributed by atoms with Gasteiger partial charge in [0.2, 0.25) is 5.91 Å². The van der Waals surface area contributed by atoms with Crippen LogP contribution in [0.4, 0.5) is 0 Å². The van der Waals surface area contributed by atoms with Crippen molar-refractivity contribution in [1.82, 2.24) is 19.7 Å². The number of nitrogens with zero attached hydrogens (tertiary/aromatic N) is 4. The summed E-state index contributed by atoms with van der Waals surface area (Å²) in [5, 5.41) is 8.87.